The normalized spacial score (nSPS) is 21.8. The number of hydrogen-bond acceptors (Lipinski definition) is 3. The van der Waals surface area contributed by atoms with Gasteiger partial charge in [0.15, 0.2) is 0 Å². The largest absolute Gasteiger partial charge is 0.461 e. The van der Waals surface area contributed by atoms with Crippen LogP contribution in [0.15, 0.2) is 0 Å². The highest BCUT2D eigenvalue weighted by Gasteiger charge is 2.33. The second-order valence-electron chi connectivity index (χ2n) is 6.14. The summed E-state index contributed by atoms with van der Waals surface area (Å²) >= 11 is 0. The van der Waals surface area contributed by atoms with Crippen LogP contribution < -0.4 is 5.32 Å². The molecule has 1 saturated carbocycles. The fourth-order valence-electron chi connectivity index (χ4n) is 1.89. The Bertz CT molecular complexity index is 249. The van der Waals surface area contributed by atoms with Crippen molar-refractivity contribution >= 4 is 5.97 Å². The van der Waals surface area contributed by atoms with Crippen molar-refractivity contribution in [3.05, 3.63) is 0 Å². The molecule has 0 aromatic carbocycles. The van der Waals surface area contributed by atoms with Crippen molar-refractivity contribution in [3.8, 4) is 0 Å². The molecule has 3 heteroatoms. The zero-order chi connectivity index (χ0) is 12.4. The quantitative estimate of drug-likeness (QED) is 0.753. The third-order valence-corrected chi connectivity index (χ3v) is 3.70. The van der Waals surface area contributed by atoms with Gasteiger partial charge in [-0.15, -0.1) is 0 Å². The highest BCUT2D eigenvalue weighted by atomic mass is 16.5. The van der Waals surface area contributed by atoms with E-state index >= 15 is 0 Å². The minimum absolute atomic E-state index is 0.119. The number of esters is 1. The van der Waals surface area contributed by atoms with E-state index in [1.54, 1.807) is 7.05 Å². The minimum Gasteiger partial charge on any atom is -0.461 e. The van der Waals surface area contributed by atoms with Gasteiger partial charge in [-0.3, -0.25) is 4.79 Å². The van der Waals surface area contributed by atoms with Crippen molar-refractivity contribution in [2.45, 2.75) is 65.0 Å². The van der Waals surface area contributed by atoms with Crippen LogP contribution in [0.3, 0.4) is 0 Å². The lowest BCUT2D eigenvalue weighted by molar-refractivity contribution is -0.158. The molecule has 0 saturated heterocycles. The first-order valence-electron chi connectivity index (χ1n) is 6.17. The van der Waals surface area contributed by atoms with Crippen LogP contribution in [0.4, 0.5) is 0 Å². The van der Waals surface area contributed by atoms with E-state index in [1.165, 1.54) is 0 Å². The third-order valence-electron chi connectivity index (χ3n) is 3.70. The molecular weight excluding hydrogens is 202 g/mol. The summed E-state index contributed by atoms with van der Waals surface area (Å²) < 4.78 is 5.54. The van der Waals surface area contributed by atoms with Gasteiger partial charge >= 0.3 is 5.97 Å². The van der Waals surface area contributed by atoms with Gasteiger partial charge in [0.1, 0.15) is 11.6 Å². The van der Waals surface area contributed by atoms with Crippen LogP contribution in [0.5, 0.6) is 0 Å². The third kappa shape index (κ3) is 3.48. The van der Waals surface area contributed by atoms with Crippen molar-refractivity contribution < 1.29 is 9.53 Å². The number of nitrogens with one attached hydrogen (secondary N) is 1. The lowest BCUT2D eigenvalue weighted by Gasteiger charge is -2.35. The molecular formula is C13H25NO2. The van der Waals surface area contributed by atoms with Gasteiger partial charge in [-0.1, -0.05) is 13.8 Å². The van der Waals surface area contributed by atoms with E-state index in [0.717, 1.165) is 25.7 Å². The lowest BCUT2D eigenvalue weighted by Crippen LogP contribution is -2.47. The van der Waals surface area contributed by atoms with Crippen molar-refractivity contribution in [2.24, 2.45) is 5.41 Å². The molecule has 0 radical (unpaired) electrons. The van der Waals surface area contributed by atoms with E-state index in [9.17, 15) is 4.79 Å². The molecule has 0 aromatic heterocycles. The summed E-state index contributed by atoms with van der Waals surface area (Å²) in [6.07, 6.45) is 4.40. The van der Waals surface area contributed by atoms with Crippen molar-refractivity contribution in [2.75, 3.05) is 7.05 Å². The second-order valence-corrected chi connectivity index (χ2v) is 6.14. The predicted molar refractivity (Wildman–Crippen MR) is 65.3 cm³/mol. The van der Waals surface area contributed by atoms with E-state index in [1.807, 2.05) is 13.8 Å². The monoisotopic (exact) mass is 227 g/mol. The van der Waals surface area contributed by atoms with Crippen LogP contribution in [0.1, 0.15) is 53.4 Å². The highest BCUT2D eigenvalue weighted by Crippen LogP contribution is 2.36. The Morgan fingerprint density at radius 1 is 1.31 bits per heavy atom. The van der Waals surface area contributed by atoms with Crippen LogP contribution in [0.25, 0.3) is 0 Å². The van der Waals surface area contributed by atoms with E-state index in [2.05, 4.69) is 19.2 Å². The van der Waals surface area contributed by atoms with Crippen LogP contribution >= 0.6 is 0 Å². The van der Waals surface area contributed by atoms with Crippen molar-refractivity contribution in [1.29, 1.82) is 0 Å². The molecule has 0 atom stereocenters. The molecule has 1 rings (SSSR count). The first-order chi connectivity index (χ1) is 7.27. The Balaban J connectivity index is 2.43. The summed E-state index contributed by atoms with van der Waals surface area (Å²) in [5.74, 6) is -0.139. The number of ether oxygens (including phenoxy) is 1. The molecule has 0 aromatic rings. The summed E-state index contributed by atoms with van der Waals surface area (Å²) in [7, 11) is 1.78. The first-order valence-corrected chi connectivity index (χ1v) is 6.17. The Hall–Kier alpha value is -0.570. The van der Waals surface area contributed by atoms with E-state index in [0.29, 0.717) is 5.41 Å². The zero-order valence-corrected chi connectivity index (χ0v) is 11.2. The minimum atomic E-state index is -0.576. The maximum atomic E-state index is 11.8. The van der Waals surface area contributed by atoms with Gasteiger partial charge in [0.05, 0.1) is 0 Å². The van der Waals surface area contributed by atoms with Gasteiger partial charge in [-0.2, -0.15) is 0 Å². The number of carbonyl (C=O) groups excluding carboxylic acids is 1. The SMILES string of the molecule is CNC(C)(C)C(=O)OC1CCC(C)(C)CC1. The fraction of sp³-hybridized carbons (Fsp3) is 0.923. The van der Waals surface area contributed by atoms with Gasteiger partial charge in [0.2, 0.25) is 0 Å². The first kappa shape index (κ1) is 13.5. The molecule has 0 heterocycles. The average Bonchev–Trinajstić information content (AvgIpc) is 2.21. The molecule has 16 heavy (non-hydrogen) atoms. The summed E-state index contributed by atoms with van der Waals surface area (Å²) in [6.45, 7) is 8.26. The Kier molecular flexibility index (Phi) is 4.00. The topological polar surface area (TPSA) is 38.3 Å². The van der Waals surface area contributed by atoms with Crippen LogP contribution in [-0.4, -0.2) is 24.7 Å². The van der Waals surface area contributed by atoms with E-state index < -0.39 is 5.54 Å². The van der Waals surface area contributed by atoms with Crippen LogP contribution in [-0.2, 0) is 9.53 Å². The molecule has 1 fully saturated rings. The molecule has 1 aliphatic rings. The fourth-order valence-corrected chi connectivity index (χ4v) is 1.89. The summed E-state index contributed by atoms with van der Waals surface area (Å²) in [4.78, 5) is 11.8. The molecule has 94 valence electrons. The highest BCUT2D eigenvalue weighted by molar-refractivity contribution is 5.79. The Morgan fingerprint density at radius 3 is 2.25 bits per heavy atom. The predicted octanol–water partition coefficient (Wildman–Crippen LogP) is 2.50. The number of likely N-dealkylation sites (N-methyl/N-ethyl adjacent to an activating group) is 1. The van der Waals surface area contributed by atoms with Gasteiger partial charge in [0.25, 0.3) is 0 Å². The van der Waals surface area contributed by atoms with Gasteiger partial charge < -0.3 is 10.1 Å². The van der Waals surface area contributed by atoms with Gasteiger partial charge in [-0.05, 0) is 52.0 Å². The summed E-state index contributed by atoms with van der Waals surface area (Å²) in [5.41, 5.74) is -0.158. The van der Waals surface area contributed by atoms with Gasteiger partial charge in [0, 0.05) is 0 Å². The van der Waals surface area contributed by atoms with E-state index in [-0.39, 0.29) is 12.1 Å². The van der Waals surface area contributed by atoms with Crippen molar-refractivity contribution in [3.63, 3.8) is 0 Å². The molecule has 1 aliphatic carbocycles. The summed E-state index contributed by atoms with van der Waals surface area (Å²) in [6, 6.07) is 0. The molecule has 0 amide bonds. The molecule has 0 spiro atoms. The standard InChI is InChI=1S/C13H25NO2/c1-12(2)8-6-10(7-9-12)16-11(15)13(3,4)14-5/h10,14H,6-9H2,1-5H3. The van der Waals surface area contributed by atoms with Crippen LogP contribution in [0.2, 0.25) is 0 Å². The number of hydrogen-bond donors (Lipinski definition) is 1. The molecule has 1 N–H and O–H groups in total. The molecule has 0 unspecified atom stereocenters. The second kappa shape index (κ2) is 4.74. The Labute approximate surface area is 98.9 Å². The lowest BCUT2D eigenvalue weighted by atomic mass is 9.76. The maximum absolute atomic E-state index is 11.8. The number of carbonyl (C=O) groups is 1. The van der Waals surface area contributed by atoms with Crippen molar-refractivity contribution in [1.82, 2.24) is 5.32 Å². The zero-order valence-electron chi connectivity index (χ0n) is 11.2. The smallest absolute Gasteiger partial charge is 0.326 e. The van der Waals surface area contributed by atoms with Gasteiger partial charge in [-0.25, -0.2) is 0 Å². The number of rotatable bonds is 3. The average molecular weight is 227 g/mol. The Morgan fingerprint density at radius 2 is 1.81 bits per heavy atom. The van der Waals surface area contributed by atoms with Crippen LogP contribution in [0, 0.1) is 5.41 Å². The summed E-state index contributed by atoms with van der Waals surface area (Å²) in [5, 5.41) is 2.97. The molecule has 0 aliphatic heterocycles. The molecule has 3 nitrogen and oxygen atoms in total. The maximum Gasteiger partial charge on any atom is 0.326 e. The van der Waals surface area contributed by atoms with E-state index in [4.69, 9.17) is 4.74 Å². The molecule has 0 bridgehead atoms.